The van der Waals surface area contributed by atoms with Gasteiger partial charge in [0.05, 0.1) is 5.57 Å². The van der Waals surface area contributed by atoms with Gasteiger partial charge in [0.1, 0.15) is 11.6 Å². The molecular formula is C20H12N2O4S2. The molecule has 4 heterocycles. The number of carbonyl (C=O) groups is 2. The number of carbonyl (C=O) groups excluding carboxylic acids is 2. The number of benzene rings is 1. The molecule has 0 saturated heterocycles. The summed E-state index contributed by atoms with van der Waals surface area (Å²) < 4.78 is 5.68. The van der Waals surface area contributed by atoms with E-state index in [0.717, 1.165) is 10.3 Å². The van der Waals surface area contributed by atoms with Gasteiger partial charge in [-0.2, -0.15) is 0 Å². The Labute approximate surface area is 167 Å². The average Bonchev–Trinajstić information content (AvgIpc) is 3.49. The van der Waals surface area contributed by atoms with Gasteiger partial charge in [0.25, 0.3) is 5.91 Å². The Morgan fingerprint density at radius 1 is 1.14 bits per heavy atom. The number of para-hydroxylation sites is 1. The lowest BCUT2D eigenvalue weighted by Gasteiger charge is -2.22. The molecule has 1 N–H and O–H groups in total. The van der Waals surface area contributed by atoms with E-state index in [1.165, 1.54) is 27.6 Å². The van der Waals surface area contributed by atoms with Crippen LogP contribution in [0.5, 0.6) is 0 Å². The first-order chi connectivity index (χ1) is 13.6. The Kier molecular flexibility index (Phi) is 3.88. The molecule has 1 aliphatic rings. The van der Waals surface area contributed by atoms with Gasteiger partial charge in [-0.15, -0.1) is 22.7 Å². The van der Waals surface area contributed by atoms with Gasteiger partial charge in [-0.1, -0.05) is 24.3 Å². The number of anilines is 1. The molecule has 1 aromatic carbocycles. The molecule has 0 saturated carbocycles. The van der Waals surface area contributed by atoms with Gasteiger partial charge in [0.15, 0.2) is 16.7 Å². The molecule has 138 valence electrons. The van der Waals surface area contributed by atoms with Crippen molar-refractivity contribution in [2.24, 2.45) is 0 Å². The number of aliphatic hydroxyl groups excluding tert-OH is 1. The van der Waals surface area contributed by atoms with Crippen LogP contribution < -0.4 is 4.90 Å². The zero-order valence-corrected chi connectivity index (χ0v) is 15.9. The normalized spacial score (nSPS) is 17.1. The van der Waals surface area contributed by atoms with E-state index < -0.39 is 23.5 Å². The molecule has 5 rings (SSSR count). The molecule has 1 unspecified atom stereocenters. The van der Waals surface area contributed by atoms with Crippen molar-refractivity contribution in [3.05, 3.63) is 81.4 Å². The zero-order valence-electron chi connectivity index (χ0n) is 14.2. The largest absolute Gasteiger partial charge is 0.503 e. The Morgan fingerprint density at radius 3 is 2.71 bits per heavy atom. The van der Waals surface area contributed by atoms with Crippen LogP contribution in [0, 0.1) is 0 Å². The third-order valence-electron chi connectivity index (χ3n) is 4.54. The van der Waals surface area contributed by atoms with Crippen LogP contribution in [0.1, 0.15) is 21.5 Å². The predicted molar refractivity (Wildman–Crippen MR) is 107 cm³/mol. The van der Waals surface area contributed by atoms with Crippen molar-refractivity contribution in [3.63, 3.8) is 0 Å². The molecule has 4 aromatic rings. The maximum absolute atomic E-state index is 13.3. The molecule has 1 amide bonds. The minimum absolute atomic E-state index is 0.00158. The van der Waals surface area contributed by atoms with Crippen LogP contribution in [-0.2, 0) is 4.79 Å². The minimum Gasteiger partial charge on any atom is -0.503 e. The summed E-state index contributed by atoms with van der Waals surface area (Å²) in [4.78, 5) is 32.4. The molecule has 0 fully saturated rings. The van der Waals surface area contributed by atoms with Gasteiger partial charge in [-0.05, 0) is 23.6 Å². The van der Waals surface area contributed by atoms with Crippen LogP contribution >= 0.6 is 22.7 Å². The average molecular weight is 408 g/mol. The first-order valence-electron chi connectivity index (χ1n) is 8.38. The van der Waals surface area contributed by atoms with Crippen molar-refractivity contribution >= 4 is 50.5 Å². The summed E-state index contributed by atoms with van der Waals surface area (Å²) in [5, 5.41) is 15.4. The molecule has 8 heteroatoms. The molecule has 1 aliphatic heterocycles. The second kappa shape index (κ2) is 6.43. The number of hydrogen-bond acceptors (Lipinski definition) is 7. The smallest absolute Gasteiger partial charge is 0.296 e. The lowest BCUT2D eigenvalue weighted by molar-refractivity contribution is -0.117. The summed E-state index contributed by atoms with van der Waals surface area (Å²) in [5.41, 5.74) is 0.571. The number of thiazole rings is 1. The Bertz CT molecular complexity index is 1190. The molecular weight excluding hydrogens is 396 g/mol. The summed E-state index contributed by atoms with van der Waals surface area (Å²) in [6.07, 6.45) is 1.58. The van der Waals surface area contributed by atoms with Crippen molar-refractivity contribution in [3.8, 4) is 0 Å². The number of furan rings is 1. The maximum Gasteiger partial charge on any atom is 0.296 e. The number of Topliss-reactive ketones (excluding diaryl/α,β-unsaturated/α-hetero) is 1. The first-order valence-corrected chi connectivity index (χ1v) is 10.1. The summed E-state index contributed by atoms with van der Waals surface area (Å²) in [7, 11) is 0. The van der Waals surface area contributed by atoms with E-state index in [4.69, 9.17) is 4.42 Å². The summed E-state index contributed by atoms with van der Waals surface area (Å²) in [5.74, 6) is -1.65. The predicted octanol–water partition coefficient (Wildman–Crippen LogP) is 4.73. The van der Waals surface area contributed by atoms with E-state index in [0.29, 0.717) is 10.7 Å². The molecule has 0 spiro atoms. The molecule has 3 aromatic heterocycles. The fraction of sp³-hybridized carbons (Fsp3) is 0.0500. The van der Waals surface area contributed by atoms with Crippen LogP contribution in [0.15, 0.2) is 75.2 Å². The minimum atomic E-state index is -0.751. The number of aromatic nitrogens is 1. The molecule has 0 bridgehead atoms. The highest BCUT2D eigenvalue weighted by molar-refractivity contribution is 7.14. The summed E-state index contributed by atoms with van der Waals surface area (Å²) in [6.45, 7) is 0. The summed E-state index contributed by atoms with van der Waals surface area (Å²) >= 11 is 2.67. The lowest BCUT2D eigenvalue weighted by atomic mass is 10.0. The van der Waals surface area contributed by atoms with E-state index >= 15 is 0 Å². The molecule has 1 atom stereocenters. The highest BCUT2D eigenvalue weighted by Gasteiger charge is 2.46. The van der Waals surface area contributed by atoms with Gasteiger partial charge in [0, 0.05) is 21.8 Å². The first kappa shape index (κ1) is 16.9. The fourth-order valence-electron chi connectivity index (χ4n) is 3.31. The number of fused-ring (bicyclic) bond motifs is 1. The number of thiophene rings is 1. The van der Waals surface area contributed by atoms with Gasteiger partial charge in [-0.25, -0.2) is 4.98 Å². The van der Waals surface area contributed by atoms with Gasteiger partial charge in [-0.3, -0.25) is 14.5 Å². The number of amides is 1. The topological polar surface area (TPSA) is 83.6 Å². The molecule has 6 nitrogen and oxygen atoms in total. The lowest BCUT2D eigenvalue weighted by Crippen LogP contribution is -2.30. The Balaban J connectivity index is 1.65. The van der Waals surface area contributed by atoms with Gasteiger partial charge >= 0.3 is 0 Å². The van der Waals surface area contributed by atoms with E-state index in [1.54, 1.807) is 23.7 Å². The van der Waals surface area contributed by atoms with E-state index in [1.807, 2.05) is 35.7 Å². The third-order valence-corrected chi connectivity index (χ3v) is 6.24. The van der Waals surface area contributed by atoms with Gasteiger partial charge in [0.2, 0.25) is 5.78 Å². The molecule has 0 aliphatic carbocycles. The van der Waals surface area contributed by atoms with E-state index in [-0.39, 0.29) is 11.3 Å². The van der Waals surface area contributed by atoms with Crippen molar-refractivity contribution in [2.45, 2.75) is 6.04 Å². The quantitative estimate of drug-likeness (QED) is 0.494. The monoisotopic (exact) mass is 408 g/mol. The van der Waals surface area contributed by atoms with Gasteiger partial charge < -0.3 is 9.52 Å². The standard InChI is InChI=1S/C20H12N2O4S2/c23-17(13-10-11-4-1-2-5-12(11)26-13)15-16(14-6-3-8-27-14)22(19(25)18(15)24)20-21-7-9-28-20/h1-10,16,24H. The van der Waals surface area contributed by atoms with Crippen LogP contribution in [0.3, 0.4) is 0 Å². The number of aliphatic hydroxyl groups is 1. The maximum atomic E-state index is 13.3. The number of nitrogens with zero attached hydrogens (tertiary/aromatic N) is 2. The SMILES string of the molecule is O=C(C1=C(O)C(=O)N(c2nccs2)C1c1cccs1)c1cc2ccccc2o1. The van der Waals surface area contributed by atoms with Crippen LogP contribution in [-0.4, -0.2) is 21.8 Å². The second-order valence-electron chi connectivity index (χ2n) is 6.15. The summed E-state index contributed by atoms with van der Waals surface area (Å²) in [6, 6.07) is 11.8. The highest BCUT2D eigenvalue weighted by Crippen LogP contribution is 2.44. The molecule has 0 radical (unpaired) electrons. The van der Waals surface area contributed by atoms with Crippen LogP contribution in [0.4, 0.5) is 5.13 Å². The number of ketones is 1. The van der Waals surface area contributed by atoms with Crippen molar-refractivity contribution in [2.75, 3.05) is 4.90 Å². The van der Waals surface area contributed by atoms with E-state index in [2.05, 4.69) is 4.98 Å². The van der Waals surface area contributed by atoms with Crippen molar-refractivity contribution in [1.82, 2.24) is 4.98 Å². The second-order valence-corrected chi connectivity index (χ2v) is 8.00. The third kappa shape index (κ3) is 2.49. The zero-order chi connectivity index (χ0) is 19.3. The Morgan fingerprint density at radius 2 is 2.00 bits per heavy atom. The Hall–Kier alpha value is -3.23. The number of rotatable bonds is 4. The van der Waals surface area contributed by atoms with Crippen molar-refractivity contribution < 1.29 is 19.1 Å². The van der Waals surface area contributed by atoms with Crippen LogP contribution in [0.25, 0.3) is 11.0 Å². The number of hydrogen-bond donors (Lipinski definition) is 1. The molecule has 28 heavy (non-hydrogen) atoms. The van der Waals surface area contributed by atoms with Crippen LogP contribution in [0.2, 0.25) is 0 Å². The fourth-order valence-corrected chi connectivity index (χ4v) is 4.80. The van der Waals surface area contributed by atoms with Crippen molar-refractivity contribution in [1.29, 1.82) is 0 Å². The van der Waals surface area contributed by atoms with E-state index in [9.17, 15) is 14.7 Å². The highest BCUT2D eigenvalue weighted by atomic mass is 32.1.